The van der Waals surface area contributed by atoms with E-state index in [1.54, 1.807) is 0 Å². The van der Waals surface area contributed by atoms with Crippen LogP contribution in [0.4, 0.5) is 0 Å². The molecule has 0 saturated carbocycles. The molecule has 0 heterocycles. The zero-order valence-electron chi connectivity index (χ0n) is 33.3. The minimum Gasteiger partial charge on any atom is -0.457 e. The molecule has 2 N–H and O–H groups in total. The topological polar surface area (TPSA) is 102 Å². The molecule has 0 aliphatic carbocycles. The summed E-state index contributed by atoms with van der Waals surface area (Å²) in [6.07, 6.45) is 52.0. The van der Waals surface area contributed by atoms with Gasteiger partial charge in [-0.15, -0.1) is 0 Å². The van der Waals surface area contributed by atoms with Gasteiger partial charge >= 0.3 is 11.9 Å². The average Bonchev–Trinajstić information content (AvgIpc) is 3.16. The molecule has 0 aromatic rings. The first kappa shape index (κ1) is 49.7. The van der Waals surface area contributed by atoms with E-state index in [1.165, 1.54) is 51.4 Å². The number of aliphatic hydroxyl groups is 2. The van der Waals surface area contributed by atoms with Crippen LogP contribution in [0.3, 0.4) is 0 Å². The van der Waals surface area contributed by atoms with Crippen molar-refractivity contribution in [3.8, 4) is 0 Å². The van der Waals surface area contributed by atoms with Gasteiger partial charge in [-0.3, -0.25) is 9.59 Å². The maximum absolute atomic E-state index is 12.2. The van der Waals surface area contributed by atoms with Gasteiger partial charge in [0.15, 0.2) is 0 Å². The number of carbonyl (C=O) groups excluding carboxylic acids is 2. The molecular formula is C46H74O7. The number of allylic oxidation sites excluding steroid dienone is 16. The third kappa shape index (κ3) is 38.3. The van der Waals surface area contributed by atoms with E-state index in [1.807, 2.05) is 0 Å². The van der Waals surface area contributed by atoms with Crippen LogP contribution >= 0.6 is 0 Å². The summed E-state index contributed by atoms with van der Waals surface area (Å²) in [7, 11) is 0. The standard InChI is InChI=1S/C46H74O7/c1-3-5-7-9-11-13-15-17-19-21-23-25-27-29-31-33-35-37-45(49)52-43(39-47)41-51-42-44(40-48)53-46(50)38-36-34-32-30-28-26-24-22-20-18-16-14-12-10-8-6-4-2/h11-14,17-20,23-26,29-32,43-44,47-48H,3-10,15-16,21-22,27-28,33-42H2,1-2H3. The van der Waals surface area contributed by atoms with Crippen LogP contribution in [0.1, 0.15) is 142 Å². The first-order valence-electron chi connectivity index (χ1n) is 20.5. The van der Waals surface area contributed by atoms with Crippen LogP contribution in [0.25, 0.3) is 0 Å². The van der Waals surface area contributed by atoms with Gasteiger partial charge in [-0.2, -0.15) is 0 Å². The zero-order valence-corrected chi connectivity index (χ0v) is 33.3. The lowest BCUT2D eigenvalue weighted by Gasteiger charge is -2.19. The van der Waals surface area contributed by atoms with Crippen molar-refractivity contribution in [1.29, 1.82) is 0 Å². The fourth-order valence-corrected chi connectivity index (χ4v) is 4.92. The van der Waals surface area contributed by atoms with Crippen molar-refractivity contribution in [2.24, 2.45) is 0 Å². The van der Waals surface area contributed by atoms with Crippen LogP contribution in [0.2, 0.25) is 0 Å². The number of hydrogen-bond acceptors (Lipinski definition) is 7. The molecular weight excluding hydrogens is 664 g/mol. The van der Waals surface area contributed by atoms with Crippen molar-refractivity contribution in [3.05, 3.63) is 97.2 Å². The number of carbonyl (C=O) groups is 2. The summed E-state index contributed by atoms with van der Waals surface area (Å²) in [6.45, 7) is 3.57. The van der Waals surface area contributed by atoms with E-state index in [4.69, 9.17) is 14.2 Å². The average molecular weight is 739 g/mol. The van der Waals surface area contributed by atoms with E-state index >= 15 is 0 Å². The SMILES string of the molecule is CCCCCC=CCC=CCC=CCC=CCCCC(=O)OC(CO)COCC(CO)OC(=O)CCCC=CCC=CCC=CCC=CCCCCC. The van der Waals surface area contributed by atoms with E-state index in [9.17, 15) is 19.8 Å². The van der Waals surface area contributed by atoms with Gasteiger partial charge in [-0.1, -0.05) is 137 Å². The summed E-state index contributed by atoms with van der Waals surface area (Å²) in [5.74, 6) is -0.800. The lowest BCUT2D eigenvalue weighted by atomic mass is 10.2. The number of rotatable bonds is 36. The van der Waals surface area contributed by atoms with E-state index in [2.05, 4.69) is 111 Å². The Morgan fingerprint density at radius 3 is 1.00 bits per heavy atom. The van der Waals surface area contributed by atoms with Crippen molar-refractivity contribution in [3.63, 3.8) is 0 Å². The Hall–Kier alpha value is -3.26. The van der Waals surface area contributed by atoms with Gasteiger partial charge in [-0.25, -0.2) is 0 Å². The van der Waals surface area contributed by atoms with Crippen molar-refractivity contribution < 1.29 is 34.0 Å². The largest absolute Gasteiger partial charge is 0.457 e. The van der Waals surface area contributed by atoms with Crippen molar-refractivity contribution in [1.82, 2.24) is 0 Å². The molecule has 0 rings (SSSR count). The van der Waals surface area contributed by atoms with Crippen LogP contribution in [0, 0.1) is 0 Å². The number of ether oxygens (including phenoxy) is 3. The predicted molar refractivity (Wildman–Crippen MR) is 222 cm³/mol. The number of hydrogen-bond donors (Lipinski definition) is 2. The van der Waals surface area contributed by atoms with Crippen LogP contribution in [0.5, 0.6) is 0 Å². The molecule has 0 aliphatic rings. The molecule has 0 saturated heterocycles. The van der Waals surface area contributed by atoms with E-state index < -0.39 is 24.1 Å². The Balaban J connectivity index is 3.95. The van der Waals surface area contributed by atoms with E-state index in [0.717, 1.165) is 51.4 Å². The first-order valence-corrected chi connectivity index (χ1v) is 20.5. The smallest absolute Gasteiger partial charge is 0.306 e. The van der Waals surface area contributed by atoms with Crippen LogP contribution < -0.4 is 0 Å². The predicted octanol–water partition coefficient (Wildman–Crippen LogP) is 11.1. The quantitative estimate of drug-likeness (QED) is 0.0375. The second-order valence-corrected chi connectivity index (χ2v) is 13.1. The number of aliphatic hydroxyl groups excluding tert-OH is 2. The van der Waals surface area contributed by atoms with E-state index in [0.29, 0.717) is 12.8 Å². The summed E-state index contributed by atoms with van der Waals surface area (Å²) < 4.78 is 16.1. The van der Waals surface area contributed by atoms with Crippen LogP contribution in [-0.2, 0) is 23.8 Å². The maximum atomic E-state index is 12.2. The van der Waals surface area contributed by atoms with Gasteiger partial charge in [0, 0.05) is 12.8 Å². The molecule has 0 spiro atoms. The normalized spacial score (nSPS) is 13.8. The van der Waals surface area contributed by atoms with Gasteiger partial charge in [0.1, 0.15) is 12.2 Å². The molecule has 0 fully saturated rings. The number of unbranched alkanes of at least 4 members (excludes halogenated alkanes) is 8. The molecule has 0 aliphatic heterocycles. The lowest BCUT2D eigenvalue weighted by Crippen LogP contribution is -2.32. The number of esters is 2. The molecule has 300 valence electrons. The fourth-order valence-electron chi connectivity index (χ4n) is 4.92. The molecule has 53 heavy (non-hydrogen) atoms. The molecule has 7 heteroatoms. The monoisotopic (exact) mass is 739 g/mol. The molecule has 0 aromatic heterocycles. The second kappa shape index (κ2) is 41.5. The Kier molecular flexibility index (Phi) is 38.9. The molecule has 0 bridgehead atoms. The minimum atomic E-state index is -0.820. The van der Waals surface area contributed by atoms with E-state index in [-0.39, 0.29) is 39.3 Å². The maximum Gasteiger partial charge on any atom is 0.306 e. The summed E-state index contributed by atoms with van der Waals surface area (Å²) in [6, 6.07) is 0. The van der Waals surface area contributed by atoms with Gasteiger partial charge in [0.25, 0.3) is 0 Å². The molecule has 0 radical (unpaired) electrons. The van der Waals surface area contributed by atoms with Crippen LogP contribution in [-0.4, -0.2) is 60.8 Å². The van der Waals surface area contributed by atoms with Gasteiger partial charge in [0.2, 0.25) is 0 Å². The highest BCUT2D eigenvalue weighted by molar-refractivity contribution is 5.69. The Morgan fingerprint density at radius 1 is 0.434 bits per heavy atom. The molecule has 2 unspecified atom stereocenters. The van der Waals surface area contributed by atoms with Gasteiger partial charge < -0.3 is 24.4 Å². The Bertz CT molecular complexity index is 995. The van der Waals surface area contributed by atoms with Crippen molar-refractivity contribution in [2.75, 3.05) is 26.4 Å². The molecule has 7 nitrogen and oxygen atoms in total. The van der Waals surface area contributed by atoms with Gasteiger partial charge in [0.05, 0.1) is 26.4 Å². The molecule has 0 aromatic carbocycles. The highest BCUT2D eigenvalue weighted by Crippen LogP contribution is 2.07. The second-order valence-electron chi connectivity index (χ2n) is 13.1. The highest BCUT2D eigenvalue weighted by atomic mass is 16.6. The Morgan fingerprint density at radius 2 is 0.717 bits per heavy atom. The highest BCUT2D eigenvalue weighted by Gasteiger charge is 2.17. The minimum absolute atomic E-state index is 0.0560. The summed E-state index contributed by atoms with van der Waals surface area (Å²) in [5, 5.41) is 19.2. The summed E-state index contributed by atoms with van der Waals surface area (Å²) in [4.78, 5) is 24.4. The van der Waals surface area contributed by atoms with Gasteiger partial charge in [-0.05, 0) is 89.9 Å². The zero-order chi connectivity index (χ0) is 38.7. The third-order valence-electron chi connectivity index (χ3n) is 8.03. The molecule has 0 amide bonds. The lowest BCUT2D eigenvalue weighted by molar-refractivity contribution is -0.160. The van der Waals surface area contributed by atoms with Crippen LogP contribution in [0.15, 0.2) is 97.2 Å². The van der Waals surface area contributed by atoms with Crippen molar-refractivity contribution >= 4 is 11.9 Å². The fraction of sp³-hybridized carbons (Fsp3) is 0.609. The summed E-state index contributed by atoms with van der Waals surface area (Å²) >= 11 is 0. The van der Waals surface area contributed by atoms with Crippen molar-refractivity contribution in [2.45, 2.75) is 154 Å². The summed E-state index contributed by atoms with van der Waals surface area (Å²) in [5.41, 5.74) is 0. The molecule has 2 atom stereocenters. The first-order chi connectivity index (χ1) is 26.1. The Labute approximate surface area is 323 Å². The third-order valence-corrected chi connectivity index (χ3v) is 8.03.